The molecule has 0 bridgehead atoms. The standard InChI is InChI=1S/C24H23N3O3/c25-24(29)26-21(16-23(28)27-14-13-17-7-4-5-12-22(17)27)18-8-6-11-20(15-18)30-19-9-2-1-3-10-19/h1-12,15,21H,13-14,16H2,(H3,25,26,29). The number of primary amides is 1. The number of rotatable bonds is 6. The molecule has 6 heteroatoms. The molecule has 1 aliphatic rings. The maximum Gasteiger partial charge on any atom is 0.312 e. The highest BCUT2D eigenvalue weighted by molar-refractivity contribution is 5.96. The second-order valence-corrected chi connectivity index (χ2v) is 7.18. The van der Waals surface area contributed by atoms with Gasteiger partial charge in [-0.3, -0.25) is 4.79 Å². The summed E-state index contributed by atoms with van der Waals surface area (Å²) in [6.45, 7) is 0.638. The highest BCUT2D eigenvalue weighted by Crippen LogP contribution is 2.30. The Hall–Kier alpha value is -3.80. The number of amides is 3. The number of ether oxygens (including phenoxy) is 1. The van der Waals surface area contributed by atoms with E-state index in [0.29, 0.717) is 18.0 Å². The maximum absolute atomic E-state index is 13.1. The van der Waals surface area contributed by atoms with Gasteiger partial charge in [0.05, 0.1) is 12.5 Å². The van der Waals surface area contributed by atoms with Crippen molar-refractivity contribution in [1.29, 1.82) is 0 Å². The minimum Gasteiger partial charge on any atom is -0.457 e. The summed E-state index contributed by atoms with van der Waals surface area (Å²) in [6, 6.07) is 23.4. The van der Waals surface area contributed by atoms with Crippen molar-refractivity contribution in [3.05, 3.63) is 90.0 Å². The van der Waals surface area contributed by atoms with Crippen molar-refractivity contribution >= 4 is 17.6 Å². The molecule has 0 fully saturated rings. The predicted octanol–water partition coefficient (Wildman–Crippen LogP) is 4.17. The summed E-state index contributed by atoms with van der Waals surface area (Å²) in [6.07, 6.45) is 0.933. The van der Waals surface area contributed by atoms with E-state index in [9.17, 15) is 9.59 Å². The fraction of sp³-hybridized carbons (Fsp3) is 0.167. The third kappa shape index (κ3) is 4.43. The number of hydrogen-bond acceptors (Lipinski definition) is 3. The third-order valence-electron chi connectivity index (χ3n) is 5.12. The van der Waals surface area contributed by atoms with Gasteiger partial charge in [-0.1, -0.05) is 48.5 Å². The molecule has 0 spiro atoms. The van der Waals surface area contributed by atoms with Crippen molar-refractivity contribution in [1.82, 2.24) is 5.32 Å². The first-order chi connectivity index (χ1) is 14.6. The van der Waals surface area contributed by atoms with Crippen LogP contribution in [0.3, 0.4) is 0 Å². The molecule has 0 aliphatic carbocycles. The summed E-state index contributed by atoms with van der Waals surface area (Å²) in [5.41, 5.74) is 8.23. The Morgan fingerprint density at radius 1 is 0.967 bits per heavy atom. The van der Waals surface area contributed by atoms with Crippen LogP contribution >= 0.6 is 0 Å². The Morgan fingerprint density at radius 3 is 2.50 bits per heavy atom. The largest absolute Gasteiger partial charge is 0.457 e. The quantitative estimate of drug-likeness (QED) is 0.650. The fourth-order valence-electron chi connectivity index (χ4n) is 3.73. The van der Waals surface area contributed by atoms with Crippen LogP contribution in [0.25, 0.3) is 0 Å². The fourth-order valence-corrected chi connectivity index (χ4v) is 3.73. The Bertz CT molecular complexity index is 1050. The van der Waals surface area contributed by atoms with Gasteiger partial charge in [0.1, 0.15) is 11.5 Å². The molecule has 152 valence electrons. The monoisotopic (exact) mass is 401 g/mol. The van der Waals surface area contributed by atoms with Gasteiger partial charge in [-0.15, -0.1) is 0 Å². The SMILES string of the molecule is NC(=O)NC(CC(=O)N1CCc2ccccc21)c1cccc(Oc2ccccc2)c1. The molecule has 0 radical (unpaired) electrons. The van der Waals surface area contributed by atoms with Crippen LogP contribution in [0.1, 0.15) is 23.6 Å². The molecule has 3 amide bonds. The second-order valence-electron chi connectivity index (χ2n) is 7.18. The van der Waals surface area contributed by atoms with Gasteiger partial charge in [0.2, 0.25) is 5.91 Å². The lowest BCUT2D eigenvalue weighted by atomic mass is 10.0. The van der Waals surface area contributed by atoms with Crippen LogP contribution in [0.2, 0.25) is 0 Å². The molecule has 3 aromatic carbocycles. The molecular formula is C24H23N3O3. The molecule has 3 aromatic rings. The first-order valence-electron chi connectivity index (χ1n) is 9.87. The van der Waals surface area contributed by atoms with Gasteiger partial charge in [0.15, 0.2) is 0 Å². The third-order valence-corrected chi connectivity index (χ3v) is 5.12. The van der Waals surface area contributed by atoms with Crippen LogP contribution in [0, 0.1) is 0 Å². The minimum absolute atomic E-state index is 0.0620. The molecular weight excluding hydrogens is 378 g/mol. The van der Waals surface area contributed by atoms with Gasteiger partial charge in [-0.2, -0.15) is 0 Å². The topological polar surface area (TPSA) is 84.7 Å². The molecule has 0 aromatic heterocycles. The highest BCUT2D eigenvalue weighted by atomic mass is 16.5. The number of nitrogens with zero attached hydrogens (tertiary/aromatic N) is 1. The van der Waals surface area contributed by atoms with Crippen molar-refractivity contribution in [3.63, 3.8) is 0 Å². The van der Waals surface area contributed by atoms with E-state index in [1.54, 1.807) is 4.90 Å². The first-order valence-corrected chi connectivity index (χ1v) is 9.87. The van der Waals surface area contributed by atoms with E-state index in [2.05, 4.69) is 5.32 Å². The van der Waals surface area contributed by atoms with Crippen LogP contribution in [0.15, 0.2) is 78.9 Å². The van der Waals surface area contributed by atoms with Crippen molar-refractivity contribution < 1.29 is 14.3 Å². The lowest BCUT2D eigenvalue weighted by molar-refractivity contribution is -0.119. The number of benzene rings is 3. The average molecular weight is 401 g/mol. The summed E-state index contributed by atoms with van der Waals surface area (Å²) in [5, 5.41) is 2.70. The average Bonchev–Trinajstić information content (AvgIpc) is 3.18. The minimum atomic E-state index is -0.677. The molecule has 1 heterocycles. The van der Waals surface area contributed by atoms with E-state index in [4.69, 9.17) is 10.5 Å². The molecule has 1 atom stereocenters. The second kappa shape index (κ2) is 8.69. The van der Waals surface area contributed by atoms with E-state index in [1.807, 2.05) is 78.9 Å². The smallest absolute Gasteiger partial charge is 0.312 e. The number of fused-ring (bicyclic) bond motifs is 1. The number of nitrogens with two attached hydrogens (primary N) is 1. The molecule has 0 saturated heterocycles. The Labute approximate surface area is 175 Å². The van der Waals surface area contributed by atoms with Crippen LogP contribution in [0.4, 0.5) is 10.5 Å². The molecule has 1 unspecified atom stereocenters. The summed E-state index contributed by atoms with van der Waals surface area (Å²) in [7, 11) is 0. The zero-order chi connectivity index (χ0) is 20.9. The highest BCUT2D eigenvalue weighted by Gasteiger charge is 2.27. The molecule has 6 nitrogen and oxygen atoms in total. The van der Waals surface area contributed by atoms with Gasteiger partial charge in [-0.05, 0) is 47.9 Å². The van der Waals surface area contributed by atoms with Crippen LogP contribution in [0.5, 0.6) is 11.5 Å². The maximum atomic E-state index is 13.1. The Morgan fingerprint density at radius 2 is 1.70 bits per heavy atom. The summed E-state index contributed by atoms with van der Waals surface area (Å²) in [5.74, 6) is 1.26. The predicted molar refractivity (Wildman–Crippen MR) is 116 cm³/mol. The first kappa shape index (κ1) is 19.5. The van der Waals surface area contributed by atoms with Gasteiger partial charge >= 0.3 is 6.03 Å². The van der Waals surface area contributed by atoms with Crippen molar-refractivity contribution in [3.8, 4) is 11.5 Å². The van der Waals surface area contributed by atoms with Gasteiger partial charge in [0, 0.05) is 12.2 Å². The van der Waals surface area contributed by atoms with Crippen LogP contribution < -0.4 is 20.7 Å². The van der Waals surface area contributed by atoms with Crippen molar-refractivity contribution in [2.24, 2.45) is 5.73 Å². The lowest BCUT2D eigenvalue weighted by Gasteiger charge is -2.23. The van der Waals surface area contributed by atoms with Crippen molar-refractivity contribution in [2.45, 2.75) is 18.9 Å². The number of hydrogen-bond donors (Lipinski definition) is 2. The Balaban J connectivity index is 1.54. The van der Waals surface area contributed by atoms with Crippen molar-refractivity contribution in [2.75, 3.05) is 11.4 Å². The summed E-state index contributed by atoms with van der Waals surface area (Å²) in [4.78, 5) is 26.4. The van der Waals surface area contributed by atoms with Gasteiger partial charge in [0.25, 0.3) is 0 Å². The summed E-state index contributed by atoms with van der Waals surface area (Å²) >= 11 is 0. The van der Waals surface area contributed by atoms with Gasteiger partial charge in [-0.25, -0.2) is 4.79 Å². The Kier molecular flexibility index (Phi) is 5.66. The van der Waals surface area contributed by atoms with E-state index in [0.717, 1.165) is 23.2 Å². The molecule has 30 heavy (non-hydrogen) atoms. The normalized spacial score (nSPS) is 13.4. The number of anilines is 1. The molecule has 4 rings (SSSR count). The molecule has 3 N–H and O–H groups in total. The number of carbonyl (C=O) groups excluding carboxylic acids is 2. The number of carbonyl (C=O) groups is 2. The van der Waals surface area contributed by atoms with Crippen LogP contribution in [-0.2, 0) is 11.2 Å². The molecule has 0 saturated carbocycles. The van der Waals surface area contributed by atoms with E-state index < -0.39 is 12.1 Å². The molecule has 1 aliphatic heterocycles. The van der Waals surface area contributed by atoms with E-state index in [-0.39, 0.29) is 12.3 Å². The van der Waals surface area contributed by atoms with Crippen LogP contribution in [-0.4, -0.2) is 18.5 Å². The van der Waals surface area contributed by atoms with Gasteiger partial charge < -0.3 is 20.7 Å². The zero-order valence-corrected chi connectivity index (χ0v) is 16.5. The number of nitrogens with one attached hydrogen (secondary N) is 1. The lowest BCUT2D eigenvalue weighted by Crippen LogP contribution is -2.38. The summed E-state index contributed by atoms with van der Waals surface area (Å²) < 4.78 is 5.89. The van der Waals surface area contributed by atoms with E-state index in [1.165, 1.54) is 0 Å². The number of para-hydroxylation sites is 2. The van der Waals surface area contributed by atoms with E-state index >= 15 is 0 Å². The zero-order valence-electron chi connectivity index (χ0n) is 16.5. The number of urea groups is 1.